The lowest BCUT2D eigenvalue weighted by atomic mass is 10.0. The Hall–Kier alpha value is -2.44. The maximum absolute atomic E-state index is 11.8. The average Bonchev–Trinajstić information content (AvgIpc) is 2.60. The minimum absolute atomic E-state index is 0. The van der Waals surface area contributed by atoms with Gasteiger partial charge in [-0.05, 0) is 31.2 Å². The van der Waals surface area contributed by atoms with E-state index in [4.69, 9.17) is 0 Å². The third-order valence-electron chi connectivity index (χ3n) is 4.44. The van der Waals surface area contributed by atoms with Gasteiger partial charge in [-0.1, -0.05) is 30.3 Å². The molecule has 0 N–H and O–H groups in total. The Labute approximate surface area is 160 Å². The van der Waals surface area contributed by atoms with Crippen molar-refractivity contribution in [2.45, 2.75) is 26.4 Å². The molecule has 0 radical (unpaired) electrons. The van der Waals surface area contributed by atoms with E-state index in [-0.39, 0.29) is 30.0 Å². The van der Waals surface area contributed by atoms with Crippen LogP contribution in [-0.4, -0.2) is 29.8 Å². The van der Waals surface area contributed by atoms with Gasteiger partial charge in [0.05, 0.1) is 4.92 Å². The molecular formula is C19H24ClN3O3. The summed E-state index contributed by atoms with van der Waals surface area (Å²) in [5.41, 5.74) is 2.62. The zero-order chi connectivity index (χ0) is 18.6. The van der Waals surface area contributed by atoms with Crippen molar-refractivity contribution in [3.05, 3.63) is 69.8 Å². The lowest BCUT2D eigenvalue weighted by Crippen LogP contribution is -2.28. The van der Waals surface area contributed by atoms with Crippen molar-refractivity contribution in [1.82, 2.24) is 4.90 Å². The summed E-state index contributed by atoms with van der Waals surface area (Å²) < 4.78 is 0. The van der Waals surface area contributed by atoms with Crippen LogP contribution < -0.4 is 4.90 Å². The molecule has 6 nitrogen and oxygen atoms in total. The Bertz CT molecular complexity index is 768. The molecule has 2 aromatic rings. The molecule has 0 aromatic heterocycles. The summed E-state index contributed by atoms with van der Waals surface area (Å²) in [5, 5.41) is 11.2. The van der Waals surface area contributed by atoms with Crippen molar-refractivity contribution in [1.29, 1.82) is 0 Å². The summed E-state index contributed by atoms with van der Waals surface area (Å²) in [4.78, 5) is 26.2. The molecule has 1 atom stereocenters. The van der Waals surface area contributed by atoms with Crippen molar-refractivity contribution >= 4 is 29.7 Å². The number of hydrogen-bond donors (Lipinski definition) is 0. The number of amides is 1. The number of nitro groups is 1. The minimum atomic E-state index is -0.412. The first kappa shape index (κ1) is 21.6. The summed E-state index contributed by atoms with van der Waals surface area (Å²) >= 11 is 0. The summed E-state index contributed by atoms with van der Waals surface area (Å²) in [6.45, 7) is 4.16. The summed E-state index contributed by atoms with van der Waals surface area (Å²) in [6.07, 6.45) is 0. The Morgan fingerprint density at radius 3 is 2.31 bits per heavy atom. The van der Waals surface area contributed by atoms with Crippen molar-refractivity contribution < 1.29 is 9.72 Å². The van der Waals surface area contributed by atoms with Gasteiger partial charge in [-0.2, -0.15) is 0 Å². The standard InChI is InChI=1S/C19H23N3O3.ClH/c1-14(20(3)13-16-8-6-5-7-9-16)18-12-17(22(24)25)10-11-19(18)21(4)15(2)23;/h5-12,14H,13H2,1-4H3;1H/t14-;/m0./s1. The smallest absolute Gasteiger partial charge is 0.269 e. The minimum Gasteiger partial charge on any atom is -0.315 e. The van der Waals surface area contributed by atoms with Gasteiger partial charge in [0.2, 0.25) is 5.91 Å². The fourth-order valence-electron chi connectivity index (χ4n) is 2.71. The number of rotatable bonds is 6. The third-order valence-corrected chi connectivity index (χ3v) is 4.44. The van der Waals surface area contributed by atoms with Gasteiger partial charge in [0, 0.05) is 44.4 Å². The number of benzene rings is 2. The number of nitro benzene ring substituents is 1. The zero-order valence-electron chi connectivity index (χ0n) is 15.4. The van der Waals surface area contributed by atoms with Crippen LogP contribution in [0, 0.1) is 10.1 Å². The lowest BCUT2D eigenvalue weighted by Gasteiger charge is -2.29. The second-order valence-corrected chi connectivity index (χ2v) is 6.15. The molecule has 0 saturated heterocycles. The molecule has 2 aromatic carbocycles. The van der Waals surface area contributed by atoms with Gasteiger partial charge in [0.1, 0.15) is 0 Å². The Kier molecular flexibility index (Phi) is 7.74. The molecule has 0 heterocycles. The molecule has 140 valence electrons. The quantitative estimate of drug-likeness (QED) is 0.559. The Morgan fingerprint density at radius 1 is 1.15 bits per heavy atom. The largest absolute Gasteiger partial charge is 0.315 e. The number of carbonyl (C=O) groups excluding carboxylic acids is 1. The number of carbonyl (C=O) groups is 1. The van der Waals surface area contributed by atoms with Crippen LogP contribution in [0.25, 0.3) is 0 Å². The van der Waals surface area contributed by atoms with Crippen LogP contribution in [0.2, 0.25) is 0 Å². The van der Waals surface area contributed by atoms with Crippen LogP contribution in [0.1, 0.15) is 31.0 Å². The number of non-ortho nitro benzene ring substituents is 1. The summed E-state index contributed by atoms with van der Waals surface area (Å²) in [7, 11) is 3.64. The molecule has 0 aliphatic rings. The molecule has 0 spiro atoms. The Balaban J connectivity index is 0.00000338. The number of nitrogens with zero attached hydrogens (tertiary/aromatic N) is 3. The maximum atomic E-state index is 11.8. The van der Waals surface area contributed by atoms with Crippen molar-refractivity contribution in [3.63, 3.8) is 0 Å². The summed E-state index contributed by atoms with van der Waals surface area (Å²) in [6, 6.07) is 14.5. The highest BCUT2D eigenvalue weighted by Crippen LogP contribution is 2.33. The topological polar surface area (TPSA) is 66.7 Å². The Morgan fingerprint density at radius 2 is 1.77 bits per heavy atom. The first-order chi connectivity index (χ1) is 11.8. The molecule has 0 fully saturated rings. The van der Waals surface area contributed by atoms with Crippen LogP contribution >= 0.6 is 12.4 Å². The third kappa shape index (κ3) is 5.03. The van der Waals surface area contributed by atoms with Gasteiger partial charge in [0.15, 0.2) is 0 Å². The van der Waals surface area contributed by atoms with E-state index in [1.54, 1.807) is 19.2 Å². The zero-order valence-corrected chi connectivity index (χ0v) is 16.2. The van der Waals surface area contributed by atoms with Crippen LogP contribution in [-0.2, 0) is 11.3 Å². The highest BCUT2D eigenvalue weighted by molar-refractivity contribution is 5.92. The predicted octanol–water partition coefficient (Wildman–Crippen LogP) is 4.19. The van der Waals surface area contributed by atoms with E-state index in [1.165, 1.54) is 17.9 Å². The highest BCUT2D eigenvalue weighted by Gasteiger charge is 2.22. The van der Waals surface area contributed by atoms with E-state index in [0.29, 0.717) is 12.2 Å². The molecular weight excluding hydrogens is 354 g/mol. The van der Waals surface area contributed by atoms with E-state index in [0.717, 1.165) is 11.1 Å². The fourth-order valence-corrected chi connectivity index (χ4v) is 2.71. The molecule has 26 heavy (non-hydrogen) atoms. The average molecular weight is 378 g/mol. The van der Waals surface area contributed by atoms with Crippen LogP contribution in [0.4, 0.5) is 11.4 Å². The second kappa shape index (κ2) is 9.31. The predicted molar refractivity (Wildman–Crippen MR) is 106 cm³/mol. The first-order valence-electron chi connectivity index (χ1n) is 8.08. The molecule has 2 rings (SSSR count). The van der Waals surface area contributed by atoms with Crippen LogP contribution in [0.5, 0.6) is 0 Å². The van der Waals surface area contributed by atoms with Gasteiger partial charge in [0.25, 0.3) is 5.69 Å². The number of anilines is 1. The van der Waals surface area contributed by atoms with E-state index in [2.05, 4.69) is 4.90 Å². The lowest BCUT2D eigenvalue weighted by molar-refractivity contribution is -0.384. The highest BCUT2D eigenvalue weighted by atomic mass is 35.5. The second-order valence-electron chi connectivity index (χ2n) is 6.15. The normalized spacial score (nSPS) is 11.6. The molecule has 0 aliphatic heterocycles. The molecule has 0 bridgehead atoms. The monoisotopic (exact) mass is 377 g/mol. The fraction of sp³-hybridized carbons (Fsp3) is 0.316. The van der Waals surface area contributed by atoms with Gasteiger partial charge in [-0.25, -0.2) is 0 Å². The number of halogens is 1. The van der Waals surface area contributed by atoms with Gasteiger partial charge in [-0.15, -0.1) is 12.4 Å². The summed E-state index contributed by atoms with van der Waals surface area (Å²) in [5.74, 6) is -0.118. The van der Waals surface area contributed by atoms with Gasteiger partial charge >= 0.3 is 0 Å². The van der Waals surface area contributed by atoms with E-state index in [1.807, 2.05) is 44.3 Å². The van der Waals surface area contributed by atoms with E-state index in [9.17, 15) is 14.9 Å². The molecule has 0 unspecified atom stereocenters. The molecule has 1 amide bonds. The van der Waals surface area contributed by atoms with E-state index >= 15 is 0 Å². The molecule has 0 saturated carbocycles. The van der Waals surface area contributed by atoms with Gasteiger partial charge in [-0.3, -0.25) is 19.8 Å². The van der Waals surface area contributed by atoms with Crippen LogP contribution in [0.15, 0.2) is 48.5 Å². The van der Waals surface area contributed by atoms with E-state index < -0.39 is 4.92 Å². The van der Waals surface area contributed by atoms with Gasteiger partial charge < -0.3 is 4.90 Å². The maximum Gasteiger partial charge on any atom is 0.269 e. The molecule has 7 heteroatoms. The van der Waals surface area contributed by atoms with Crippen molar-refractivity contribution in [2.75, 3.05) is 19.0 Å². The van der Waals surface area contributed by atoms with Crippen molar-refractivity contribution in [2.24, 2.45) is 0 Å². The van der Waals surface area contributed by atoms with Crippen molar-refractivity contribution in [3.8, 4) is 0 Å². The SMILES string of the molecule is CC(=O)N(C)c1ccc([N+](=O)[O-])cc1[C@H](C)N(C)Cc1ccccc1.Cl. The number of hydrogen-bond acceptors (Lipinski definition) is 4. The van der Waals surface area contributed by atoms with Crippen LogP contribution in [0.3, 0.4) is 0 Å². The molecule has 0 aliphatic carbocycles. The first-order valence-corrected chi connectivity index (χ1v) is 8.08.